The first kappa shape index (κ1) is 30.9. The maximum Gasteiger partial charge on any atom is 4.00 e. The van der Waals surface area contributed by atoms with Gasteiger partial charge in [0.05, 0.1) is 0 Å². The van der Waals surface area contributed by atoms with E-state index < -0.39 is 8.07 Å². The summed E-state index contributed by atoms with van der Waals surface area (Å²) in [4.78, 5) is 0. The summed E-state index contributed by atoms with van der Waals surface area (Å²) in [6.45, 7) is 8.77. The number of allylic oxidation sites excluding steroid dienone is 4. The summed E-state index contributed by atoms with van der Waals surface area (Å²) in [5.74, 6) is 0. The molecular formula is C27H27Cl3SiTi. The van der Waals surface area contributed by atoms with Gasteiger partial charge in [0.15, 0.2) is 8.07 Å². The van der Waals surface area contributed by atoms with Crippen molar-refractivity contribution in [2.45, 2.75) is 34.1 Å². The molecule has 0 heterocycles. The predicted molar refractivity (Wildman–Crippen MR) is 123 cm³/mol. The molecule has 1 aliphatic carbocycles. The van der Waals surface area contributed by atoms with Crippen molar-refractivity contribution in [1.29, 1.82) is 0 Å². The number of benzene rings is 3. The molecule has 0 aromatic heterocycles. The second-order valence-corrected chi connectivity index (χ2v) is 11.9. The average Bonchev–Trinajstić information content (AvgIpc) is 3.09. The van der Waals surface area contributed by atoms with Gasteiger partial charge in [-0.2, -0.15) is 5.20 Å². The largest absolute Gasteiger partial charge is 4.00 e. The van der Waals surface area contributed by atoms with Gasteiger partial charge in [0.25, 0.3) is 0 Å². The molecule has 0 aliphatic heterocycles. The number of hydrogen-bond donors (Lipinski definition) is 0. The smallest absolute Gasteiger partial charge is 1.00 e. The Labute approximate surface area is 227 Å². The standard InChI is InChI=1S/C27H27Si.3ClH.Ti/c1-20-8-5-11-24(16-20)28(27-15-14-23(4)19-27,25-12-6-9-21(2)17-25)26-13-7-10-22(3)18-26;;;;/h5-14,16-18H,15H2,1-4H3;3*1H;/q-1;;;;+4/p-3. The van der Waals surface area contributed by atoms with E-state index in [0.29, 0.717) is 0 Å². The molecule has 0 bridgehead atoms. The summed E-state index contributed by atoms with van der Waals surface area (Å²) < 4.78 is 0. The minimum atomic E-state index is -2.37. The fourth-order valence-electron chi connectivity index (χ4n) is 4.50. The van der Waals surface area contributed by atoms with Crippen LogP contribution in [0.4, 0.5) is 0 Å². The van der Waals surface area contributed by atoms with Crippen LogP contribution in [0.15, 0.2) is 89.6 Å². The van der Waals surface area contributed by atoms with Gasteiger partial charge in [-0.1, -0.05) is 103 Å². The van der Waals surface area contributed by atoms with Gasteiger partial charge < -0.3 is 37.2 Å². The van der Waals surface area contributed by atoms with E-state index in [1.807, 2.05) is 0 Å². The molecule has 0 spiro atoms. The van der Waals surface area contributed by atoms with Crippen molar-refractivity contribution in [2.75, 3.05) is 0 Å². The summed E-state index contributed by atoms with van der Waals surface area (Å²) in [7, 11) is -2.37. The molecule has 0 radical (unpaired) electrons. The second kappa shape index (κ2) is 13.0. The molecule has 3 aromatic rings. The first-order chi connectivity index (χ1) is 13.5. The van der Waals surface area contributed by atoms with E-state index in [1.54, 1.807) is 0 Å². The van der Waals surface area contributed by atoms with E-state index in [4.69, 9.17) is 0 Å². The monoisotopic (exact) mass is 532 g/mol. The Morgan fingerprint density at radius 1 is 0.625 bits per heavy atom. The Hall–Kier alpha value is -1.06. The van der Waals surface area contributed by atoms with Crippen LogP contribution in [0.25, 0.3) is 0 Å². The molecule has 0 saturated heterocycles. The van der Waals surface area contributed by atoms with Crippen LogP contribution in [0, 0.1) is 26.8 Å². The fourth-order valence-corrected chi connectivity index (χ4v) is 9.71. The topological polar surface area (TPSA) is 0 Å². The van der Waals surface area contributed by atoms with Crippen LogP contribution in [-0.4, -0.2) is 8.07 Å². The Morgan fingerprint density at radius 3 is 1.28 bits per heavy atom. The van der Waals surface area contributed by atoms with Crippen molar-refractivity contribution in [3.05, 3.63) is 112 Å². The molecule has 0 saturated carbocycles. The van der Waals surface area contributed by atoms with Crippen LogP contribution in [0.2, 0.25) is 0 Å². The van der Waals surface area contributed by atoms with Gasteiger partial charge in [-0.15, -0.1) is 0 Å². The average molecular weight is 534 g/mol. The first-order valence-electron chi connectivity index (χ1n) is 10.0. The van der Waals surface area contributed by atoms with Gasteiger partial charge in [-0.3, -0.25) is 6.08 Å². The van der Waals surface area contributed by atoms with Gasteiger partial charge in [0.2, 0.25) is 0 Å². The first-order valence-corrected chi connectivity index (χ1v) is 12.0. The molecule has 3 aromatic carbocycles. The van der Waals surface area contributed by atoms with E-state index >= 15 is 0 Å². The third kappa shape index (κ3) is 5.89. The second-order valence-electron chi connectivity index (χ2n) is 8.05. The van der Waals surface area contributed by atoms with E-state index in [0.717, 1.165) is 6.42 Å². The van der Waals surface area contributed by atoms with Gasteiger partial charge >= 0.3 is 21.7 Å². The van der Waals surface area contributed by atoms with Crippen LogP contribution in [0.3, 0.4) is 0 Å². The molecule has 5 heteroatoms. The zero-order valence-electron chi connectivity index (χ0n) is 18.8. The van der Waals surface area contributed by atoms with E-state index in [2.05, 4.69) is 113 Å². The molecule has 0 atom stereocenters. The van der Waals surface area contributed by atoms with E-state index in [1.165, 1.54) is 43.0 Å². The normalized spacial score (nSPS) is 12.2. The summed E-state index contributed by atoms with van der Waals surface area (Å²) in [5.41, 5.74) is 5.22. The molecule has 4 rings (SSSR count). The molecular weight excluding hydrogens is 507 g/mol. The molecule has 0 amide bonds. The molecule has 0 fully saturated rings. The van der Waals surface area contributed by atoms with Crippen LogP contribution in [-0.2, 0) is 21.7 Å². The maximum atomic E-state index is 3.79. The third-order valence-electron chi connectivity index (χ3n) is 5.77. The quantitative estimate of drug-likeness (QED) is 0.181. The summed E-state index contributed by atoms with van der Waals surface area (Å²) in [6, 6.07) is 27.5. The van der Waals surface area contributed by atoms with Crippen molar-refractivity contribution in [2.24, 2.45) is 0 Å². The van der Waals surface area contributed by atoms with Crippen LogP contribution in [0.1, 0.15) is 30.0 Å². The Morgan fingerprint density at radius 2 is 1.00 bits per heavy atom. The Kier molecular flexibility index (Phi) is 12.6. The van der Waals surface area contributed by atoms with Crippen molar-refractivity contribution in [3.63, 3.8) is 0 Å². The van der Waals surface area contributed by atoms with Crippen LogP contribution >= 0.6 is 0 Å². The summed E-state index contributed by atoms with van der Waals surface area (Å²) in [6.07, 6.45) is 7.11. The third-order valence-corrected chi connectivity index (χ3v) is 10.5. The van der Waals surface area contributed by atoms with Crippen molar-refractivity contribution < 1.29 is 58.9 Å². The zero-order chi connectivity index (χ0) is 19.7. The summed E-state index contributed by atoms with van der Waals surface area (Å²) in [5, 5.41) is 5.82. The van der Waals surface area contributed by atoms with Crippen LogP contribution in [0.5, 0.6) is 0 Å². The minimum absolute atomic E-state index is 0. The summed E-state index contributed by atoms with van der Waals surface area (Å²) >= 11 is 0. The van der Waals surface area contributed by atoms with E-state index in [9.17, 15) is 0 Å². The van der Waals surface area contributed by atoms with Gasteiger partial charge in [0.1, 0.15) is 0 Å². The van der Waals surface area contributed by atoms with E-state index in [-0.39, 0.29) is 58.9 Å². The molecule has 32 heavy (non-hydrogen) atoms. The fraction of sp³-hybridized carbons (Fsp3) is 0.185. The molecule has 0 unspecified atom stereocenters. The number of halogens is 3. The zero-order valence-corrected chi connectivity index (χ0v) is 23.7. The Bertz CT molecular complexity index is 994. The number of rotatable bonds is 4. The van der Waals surface area contributed by atoms with Gasteiger partial charge in [-0.05, 0) is 36.3 Å². The Balaban J connectivity index is 0.00000240. The SMILES string of the molecule is CC1=CCC([Si](c2cccc(C)c2)(c2cccc(C)c2)c2cccc(C)c2)=[C-]1.[Cl-].[Cl-].[Cl-].[Ti+4]. The van der Waals surface area contributed by atoms with Crippen molar-refractivity contribution in [1.82, 2.24) is 0 Å². The maximum absolute atomic E-state index is 3.79. The molecule has 0 N–H and O–H groups in total. The minimum Gasteiger partial charge on any atom is -1.00 e. The van der Waals surface area contributed by atoms with Gasteiger partial charge in [-0.25, -0.2) is 11.6 Å². The van der Waals surface area contributed by atoms with Crippen LogP contribution < -0.4 is 52.8 Å². The van der Waals surface area contributed by atoms with Crippen molar-refractivity contribution in [3.8, 4) is 0 Å². The molecule has 1 aliphatic rings. The number of hydrogen-bond acceptors (Lipinski definition) is 0. The predicted octanol–water partition coefficient (Wildman–Crippen LogP) is -4.29. The molecule has 164 valence electrons. The number of aryl methyl sites for hydroxylation is 3. The molecule has 0 nitrogen and oxygen atoms in total. The van der Waals surface area contributed by atoms with Gasteiger partial charge in [0, 0.05) is 0 Å². The van der Waals surface area contributed by atoms with Crippen molar-refractivity contribution >= 4 is 23.6 Å².